The van der Waals surface area contributed by atoms with Crippen molar-refractivity contribution in [1.29, 1.82) is 5.26 Å². The van der Waals surface area contributed by atoms with Gasteiger partial charge in [0.05, 0.1) is 11.3 Å². The van der Waals surface area contributed by atoms with Crippen LogP contribution in [0.4, 0.5) is 5.69 Å². The molecule has 2 rings (SSSR count). The monoisotopic (exact) mass is 264 g/mol. The smallest absolute Gasteiger partial charge is 0.102 e. The maximum atomic E-state index is 9.25. The summed E-state index contributed by atoms with van der Waals surface area (Å²) >= 11 is 3.65. The molecule has 0 aliphatic carbocycles. The molecular weight excluding hydrogens is 248 g/mol. The molecule has 1 N–H and O–H groups in total. The van der Waals surface area contributed by atoms with E-state index >= 15 is 0 Å². The fraction of sp³-hybridized carbons (Fsp3) is 0.462. The number of benzene rings is 1. The molecule has 1 aliphatic heterocycles. The molecule has 17 heavy (non-hydrogen) atoms. The van der Waals surface area contributed by atoms with Gasteiger partial charge in [-0.25, -0.2) is 0 Å². The van der Waals surface area contributed by atoms with Gasteiger partial charge < -0.3 is 5.32 Å². The summed E-state index contributed by atoms with van der Waals surface area (Å²) in [6.07, 6.45) is 4.40. The van der Waals surface area contributed by atoms with Crippen LogP contribution in [0.25, 0.3) is 0 Å². The zero-order valence-corrected chi connectivity index (χ0v) is 11.5. The molecule has 4 heteroatoms. The Kier molecular flexibility index (Phi) is 4.64. The van der Waals surface area contributed by atoms with Crippen LogP contribution in [0.2, 0.25) is 0 Å². The average Bonchev–Trinajstić information content (AvgIpc) is 2.39. The predicted octanol–water partition coefficient (Wildman–Crippen LogP) is 3.59. The molecule has 0 bridgehead atoms. The second kappa shape index (κ2) is 6.23. The van der Waals surface area contributed by atoms with Gasteiger partial charge in [-0.05, 0) is 42.7 Å². The van der Waals surface area contributed by atoms with Gasteiger partial charge in [-0.1, -0.05) is 6.07 Å². The third kappa shape index (κ3) is 3.11. The van der Waals surface area contributed by atoms with Crippen LogP contribution in [-0.4, -0.2) is 23.8 Å². The lowest BCUT2D eigenvalue weighted by Gasteiger charge is -2.24. The van der Waals surface area contributed by atoms with Gasteiger partial charge in [-0.2, -0.15) is 17.0 Å². The van der Waals surface area contributed by atoms with E-state index in [1.54, 1.807) is 11.8 Å². The molecule has 0 spiro atoms. The van der Waals surface area contributed by atoms with Crippen molar-refractivity contribution in [3.63, 3.8) is 0 Å². The van der Waals surface area contributed by atoms with Crippen molar-refractivity contribution in [2.45, 2.75) is 23.8 Å². The zero-order chi connectivity index (χ0) is 12.1. The fourth-order valence-electron chi connectivity index (χ4n) is 2.00. The second-order valence-corrected chi connectivity index (χ2v) is 6.10. The van der Waals surface area contributed by atoms with Gasteiger partial charge in [-0.3, -0.25) is 0 Å². The molecule has 0 radical (unpaired) electrons. The van der Waals surface area contributed by atoms with Crippen LogP contribution < -0.4 is 5.32 Å². The largest absolute Gasteiger partial charge is 0.381 e. The summed E-state index contributed by atoms with van der Waals surface area (Å²) in [5, 5.41) is 12.8. The van der Waals surface area contributed by atoms with Crippen LogP contribution in [0.3, 0.4) is 0 Å². The van der Waals surface area contributed by atoms with E-state index in [0.717, 1.165) is 16.1 Å². The second-order valence-electron chi connectivity index (χ2n) is 4.03. The number of nitriles is 1. The quantitative estimate of drug-likeness (QED) is 0.846. The lowest BCUT2D eigenvalue weighted by molar-refractivity contribution is 0.666. The topological polar surface area (TPSA) is 35.8 Å². The fourth-order valence-corrected chi connectivity index (χ4v) is 3.68. The molecule has 0 saturated carbocycles. The number of hydrogen-bond donors (Lipinski definition) is 1. The molecule has 1 fully saturated rings. The molecule has 1 aromatic carbocycles. The molecule has 0 aromatic heterocycles. The third-order valence-corrected chi connectivity index (χ3v) is 4.77. The molecule has 2 nitrogen and oxygen atoms in total. The van der Waals surface area contributed by atoms with E-state index in [9.17, 15) is 5.26 Å². The van der Waals surface area contributed by atoms with Gasteiger partial charge in [0.1, 0.15) is 6.07 Å². The van der Waals surface area contributed by atoms with Gasteiger partial charge in [0.15, 0.2) is 0 Å². The Morgan fingerprint density at radius 3 is 2.82 bits per heavy atom. The summed E-state index contributed by atoms with van der Waals surface area (Å²) in [4.78, 5) is 1.06. The highest BCUT2D eigenvalue weighted by Crippen LogP contribution is 2.28. The third-order valence-electron chi connectivity index (χ3n) is 2.94. The van der Waals surface area contributed by atoms with E-state index in [-0.39, 0.29) is 0 Å². The van der Waals surface area contributed by atoms with E-state index in [0.29, 0.717) is 6.04 Å². The molecule has 1 aliphatic rings. The molecule has 0 unspecified atom stereocenters. The Labute approximate surface area is 111 Å². The summed E-state index contributed by atoms with van der Waals surface area (Å²) < 4.78 is 0. The Morgan fingerprint density at radius 1 is 1.41 bits per heavy atom. The average molecular weight is 264 g/mol. The highest BCUT2D eigenvalue weighted by molar-refractivity contribution is 7.99. The van der Waals surface area contributed by atoms with E-state index in [1.165, 1.54) is 24.3 Å². The maximum Gasteiger partial charge on any atom is 0.102 e. The summed E-state index contributed by atoms with van der Waals surface area (Å²) in [6.45, 7) is 0. The van der Waals surface area contributed by atoms with Crippen molar-refractivity contribution < 1.29 is 0 Å². The van der Waals surface area contributed by atoms with E-state index in [1.807, 2.05) is 36.2 Å². The van der Waals surface area contributed by atoms with E-state index in [2.05, 4.69) is 11.4 Å². The van der Waals surface area contributed by atoms with Crippen molar-refractivity contribution >= 4 is 29.2 Å². The minimum atomic E-state index is 0.528. The minimum absolute atomic E-state index is 0.528. The number of nitrogens with zero attached hydrogens (tertiary/aromatic N) is 1. The molecule has 0 atom stereocenters. The molecule has 1 aromatic rings. The molecular formula is C13H16N2S2. The van der Waals surface area contributed by atoms with Crippen LogP contribution in [-0.2, 0) is 0 Å². The minimum Gasteiger partial charge on any atom is -0.381 e. The van der Waals surface area contributed by atoms with Crippen LogP contribution in [0, 0.1) is 11.3 Å². The van der Waals surface area contributed by atoms with Crippen LogP contribution >= 0.6 is 23.5 Å². The maximum absolute atomic E-state index is 9.25. The number of anilines is 1. The molecule has 0 amide bonds. The standard InChI is InChI=1S/C13H16N2S2/c1-16-13-4-2-3-12(11(13)9-14)15-10-5-7-17-8-6-10/h2-4,10,15H,5-8H2,1H3. The van der Waals surface area contributed by atoms with Crippen LogP contribution in [0.15, 0.2) is 23.1 Å². The molecule has 1 saturated heterocycles. The van der Waals surface area contributed by atoms with Crippen LogP contribution in [0.1, 0.15) is 18.4 Å². The van der Waals surface area contributed by atoms with Gasteiger partial charge in [0.2, 0.25) is 0 Å². The van der Waals surface area contributed by atoms with E-state index < -0.39 is 0 Å². The Hall–Kier alpha value is -0.790. The lowest BCUT2D eigenvalue weighted by atomic mass is 10.1. The van der Waals surface area contributed by atoms with Crippen molar-refractivity contribution in [1.82, 2.24) is 0 Å². The zero-order valence-electron chi connectivity index (χ0n) is 9.90. The Balaban J connectivity index is 2.17. The van der Waals surface area contributed by atoms with Crippen molar-refractivity contribution in [3.8, 4) is 6.07 Å². The first-order chi connectivity index (χ1) is 8.35. The predicted molar refractivity (Wildman–Crippen MR) is 76.9 cm³/mol. The van der Waals surface area contributed by atoms with Crippen molar-refractivity contribution in [2.24, 2.45) is 0 Å². The summed E-state index contributed by atoms with van der Waals surface area (Å²) in [6, 6.07) is 8.88. The first kappa shape index (κ1) is 12.7. The number of nitrogens with one attached hydrogen (secondary N) is 1. The SMILES string of the molecule is CSc1cccc(NC2CCSCC2)c1C#N. The van der Waals surface area contributed by atoms with Crippen molar-refractivity contribution in [2.75, 3.05) is 23.1 Å². The Morgan fingerprint density at radius 2 is 2.18 bits per heavy atom. The number of thioether (sulfide) groups is 2. The van der Waals surface area contributed by atoms with Gasteiger partial charge in [-0.15, -0.1) is 11.8 Å². The number of rotatable bonds is 3. The summed E-state index contributed by atoms with van der Waals surface area (Å²) in [5.41, 5.74) is 1.79. The molecule has 1 heterocycles. The summed E-state index contributed by atoms with van der Waals surface area (Å²) in [7, 11) is 0. The van der Waals surface area contributed by atoms with Gasteiger partial charge in [0, 0.05) is 10.9 Å². The van der Waals surface area contributed by atoms with Crippen molar-refractivity contribution in [3.05, 3.63) is 23.8 Å². The first-order valence-corrected chi connectivity index (χ1v) is 8.14. The first-order valence-electron chi connectivity index (χ1n) is 5.76. The summed E-state index contributed by atoms with van der Waals surface area (Å²) in [5.74, 6) is 2.45. The van der Waals surface area contributed by atoms with Crippen LogP contribution in [0.5, 0.6) is 0 Å². The van der Waals surface area contributed by atoms with E-state index in [4.69, 9.17) is 0 Å². The number of hydrogen-bond acceptors (Lipinski definition) is 4. The normalized spacial score (nSPS) is 16.5. The highest BCUT2D eigenvalue weighted by atomic mass is 32.2. The highest BCUT2D eigenvalue weighted by Gasteiger charge is 2.15. The molecule has 90 valence electrons. The Bertz CT molecular complexity index is 420. The lowest BCUT2D eigenvalue weighted by Crippen LogP contribution is -2.24. The van der Waals surface area contributed by atoms with Gasteiger partial charge >= 0.3 is 0 Å². The van der Waals surface area contributed by atoms with Gasteiger partial charge in [0.25, 0.3) is 0 Å².